The summed E-state index contributed by atoms with van der Waals surface area (Å²) in [5.74, 6) is 0.151. The quantitative estimate of drug-likeness (QED) is 0.631. The van der Waals surface area contributed by atoms with Gasteiger partial charge in [0.2, 0.25) is 0 Å². The first-order chi connectivity index (χ1) is 10.2. The van der Waals surface area contributed by atoms with Crippen LogP contribution in [-0.2, 0) is 0 Å². The van der Waals surface area contributed by atoms with Crippen molar-refractivity contribution in [2.45, 2.75) is 58.6 Å². The van der Waals surface area contributed by atoms with Crippen LogP contribution in [0.4, 0.5) is 4.79 Å². The van der Waals surface area contributed by atoms with E-state index in [4.69, 9.17) is 0 Å². The third-order valence-corrected chi connectivity index (χ3v) is 4.70. The fraction of sp³-hybridized carbons (Fsp3) is 0.824. The van der Waals surface area contributed by atoms with Crippen molar-refractivity contribution < 1.29 is 9.90 Å². The molecule has 3 N–H and O–H groups in total. The molecular weight excluding hydrogens is 278 g/mol. The maximum Gasteiger partial charge on any atom is 0.315 e. The van der Waals surface area contributed by atoms with E-state index in [0.717, 1.165) is 38.9 Å². The summed E-state index contributed by atoms with van der Waals surface area (Å²) in [7, 11) is 0. The van der Waals surface area contributed by atoms with Gasteiger partial charge in [0.15, 0.2) is 0 Å². The van der Waals surface area contributed by atoms with Crippen molar-refractivity contribution in [2.75, 3.05) is 26.2 Å². The van der Waals surface area contributed by atoms with Crippen LogP contribution in [0.5, 0.6) is 0 Å². The Balaban J connectivity index is 2.28. The van der Waals surface area contributed by atoms with Crippen LogP contribution in [0.1, 0.15) is 47.0 Å². The van der Waals surface area contributed by atoms with Gasteiger partial charge in [-0.1, -0.05) is 32.4 Å². The Hall–Kier alpha value is -1.07. The number of hydrogen-bond donors (Lipinski definition) is 3. The van der Waals surface area contributed by atoms with Gasteiger partial charge in [-0.25, -0.2) is 4.79 Å². The van der Waals surface area contributed by atoms with Crippen LogP contribution in [0.2, 0.25) is 0 Å². The Kier molecular flexibility index (Phi) is 7.36. The molecule has 1 saturated heterocycles. The molecule has 0 radical (unpaired) electrons. The lowest BCUT2D eigenvalue weighted by atomic mass is 9.89. The summed E-state index contributed by atoms with van der Waals surface area (Å²) in [6.45, 7) is 15.0. The average molecular weight is 311 g/mol. The van der Waals surface area contributed by atoms with Crippen LogP contribution in [-0.4, -0.2) is 53.9 Å². The highest BCUT2D eigenvalue weighted by atomic mass is 16.3. The summed E-state index contributed by atoms with van der Waals surface area (Å²) in [5, 5.41) is 16.1. The SMILES string of the molecule is C=C(C)CN1CCC(NC(=O)NCC(C)(O)C(C)CC)CC1. The van der Waals surface area contributed by atoms with Crippen molar-refractivity contribution in [1.29, 1.82) is 0 Å². The highest BCUT2D eigenvalue weighted by Gasteiger charge is 2.28. The number of carbonyl (C=O) groups is 1. The monoisotopic (exact) mass is 311 g/mol. The minimum absolute atomic E-state index is 0.151. The van der Waals surface area contributed by atoms with E-state index in [9.17, 15) is 9.90 Å². The number of nitrogens with zero attached hydrogens (tertiary/aromatic N) is 1. The van der Waals surface area contributed by atoms with Gasteiger partial charge in [0.1, 0.15) is 0 Å². The molecule has 0 bridgehead atoms. The molecule has 2 unspecified atom stereocenters. The van der Waals surface area contributed by atoms with E-state index in [1.807, 2.05) is 20.8 Å². The smallest absolute Gasteiger partial charge is 0.315 e. The van der Waals surface area contributed by atoms with E-state index in [0.29, 0.717) is 0 Å². The van der Waals surface area contributed by atoms with Gasteiger partial charge in [0.25, 0.3) is 0 Å². The van der Waals surface area contributed by atoms with Gasteiger partial charge in [0, 0.05) is 32.2 Å². The minimum atomic E-state index is -0.864. The number of aliphatic hydroxyl groups is 1. The summed E-state index contributed by atoms with van der Waals surface area (Å²) < 4.78 is 0. The normalized spacial score (nSPS) is 21.0. The van der Waals surface area contributed by atoms with Gasteiger partial charge < -0.3 is 15.7 Å². The fourth-order valence-corrected chi connectivity index (χ4v) is 2.73. The summed E-state index contributed by atoms with van der Waals surface area (Å²) >= 11 is 0. The van der Waals surface area contributed by atoms with Gasteiger partial charge in [-0.15, -0.1) is 0 Å². The third-order valence-electron chi connectivity index (χ3n) is 4.70. The fourth-order valence-electron chi connectivity index (χ4n) is 2.73. The Morgan fingerprint density at radius 3 is 2.55 bits per heavy atom. The Morgan fingerprint density at radius 2 is 2.05 bits per heavy atom. The first-order valence-corrected chi connectivity index (χ1v) is 8.38. The molecule has 1 fully saturated rings. The summed E-state index contributed by atoms with van der Waals surface area (Å²) in [6, 6.07) is 0.0387. The van der Waals surface area contributed by atoms with Crippen molar-refractivity contribution in [1.82, 2.24) is 15.5 Å². The van der Waals surface area contributed by atoms with Crippen LogP contribution in [0.15, 0.2) is 12.2 Å². The molecule has 1 rings (SSSR count). The Bertz CT molecular complexity index is 374. The van der Waals surface area contributed by atoms with E-state index >= 15 is 0 Å². The van der Waals surface area contributed by atoms with Gasteiger partial charge in [-0.2, -0.15) is 0 Å². The van der Waals surface area contributed by atoms with E-state index in [-0.39, 0.29) is 24.5 Å². The summed E-state index contributed by atoms with van der Waals surface area (Å²) in [6.07, 6.45) is 2.81. The number of urea groups is 1. The van der Waals surface area contributed by atoms with Crippen molar-refractivity contribution in [2.24, 2.45) is 5.92 Å². The number of likely N-dealkylation sites (tertiary alicyclic amines) is 1. The van der Waals surface area contributed by atoms with Crippen molar-refractivity contribution in [3.05, 3.63) is 12.2 Å². The lowest BCUT2D eigenvalue weighted by molar-refractivity contribution is 0.00778. The number of nitrogens with one attached hydrogen (secondary N) is 2. The van der Waals surface area contributed by atoms with Gasteiger partial charge in [0.05, 0.1) is 5.60 Å². The zero-order valence-corrected chi connectivity index (χ0v) is 14.6. The minimum Gasteiger partial charge on any atom is -0.388 e. The number of amides is 2. The Labute approximate surface area is 135 Å². The maximum absolute atomic E-state index is 12.0. The van der Waals surface area contributed by atoms with E-state index in [2.05, 4.69) is 22.1 Å². The number of piperidine rings is 1. The first kappa shape index (κ1) is 19.0. The second kappa shape index (κ2) is 8.53. The highest BCUT2D eigenvalue weighted by molar-refractivity contribution is 5.74. The number of rotatable bonds is 7. The molecule has 0 aromatic rings. The average Bonchev–Trinajstić information content (AvgIpc) is 2.46. The number of carbonyl (C=O) groups excluding carboxylic acids is 1. The molecule has 0 spiro atoms. The summed E-state index contributed by atoms with van der Waals surface area (Å²) in [4.78, 5) is 14.3. The predicted octanol–water partition coefficient (Wildman–Crippen LogP) is 2.12. The van der Waals surface area contributed by atoms with Crippen LogP contribution in [0.25, 0.3) is 0 Å². The molecule has 0 aromatic heterocycles. The molecule has 0 aliphatic carbocycles. The van der Waals surface area contributed by atoms with Crippen LogP contribution in [0, 0.1) is 5.92 Å². The van der Waals surface area contributed by atoms with Crippen molar-refractivity contribution in [3.63, 3.8) is 0 Å². The molecule has 0 saturated carbocycles. The van der Waals surface area contributed by atoms with Crippen molar-refractivity contribution in [3.8, 4) is 0 Å². The van der Waals surface area contributed by atoms with E-state index in [1.54, 1.807) is 6.92 Å². The first-order valence-electron chi connectivity index (χ1n) is 8.38. The topological polar surface area (TPSA) is 64.6 Å². The van der Waals surface area contributed by atoms with Crippen molar-refractivity contribution >= 4 is 6.03 Å². The third kappa shape index (κ3) is 6.36. The van der Waals surface area contributed by atoms with Gasteiger partial charge in [-0.3, -0.25) is 4.90 Å². The molecule has 0 aromatic carbocycles. The van der Waals surface area contributed by atoms with Crippen LogP contribution < -0.4 is 10.6 Å². The lowest BCUT2D eigenvalue weighted by Gasteiger charge is -2.33. The molecule has 5 nitrogen and oxygen atoms in total. The largest absolute Gasteiger partial charge is 0.388 e. The van der Waals surface area contributed by atoms with Crippen LogP contribution in [0.3, 0.4) is 0 Å². The molecular formula is C17H33N3O2. The second-order valence-corrected chi connectivity index (χ2v) is 7.00. The Morgan fingerprint density at radius 1 is 1.45 bits per heavy atom. The van der Waals surface area contributed by atoms with E-state index in [1.165, 1.54) is 5.57 Å². The lowest BCUT2D eigenvalue weighted by Crippen LogP contribution is -2.52. The predicted molar refractivity (Wildman–Crippen MR) is 90.9 cm³/mol. The van der Waals surface area contributed by atoms with E-state index < -0.39 is 5.60 Å². The standard InChI is InChI=1S/C17H33N3O2/c1-6-14(4)17(5,22)12-18-16(21)19-15-7-9-20(10-8-15)11-13(2)3/h14-15,22H,2,6-12H2,1,3-5H3,(H2,18,19,21). The molecule has 5 heteroatoms. The highest BCUT2D eigenvalue weighted by Crippen LogP contribution is 2.18. The zero-order chi connectivity index (χ0) is 16.8. The van der Waals surface area contributed by atoms with Gasteiger partial charge in [-0.05, 0) is 32.6 Å². The summed E-state index contributed by atoms with van der Waals surface area (Å²) in [5.41, 5.74) is 0.313. The molecule has 2 amide bonds. The molecule has 1 aliphatic heterocycles. The second-order valence-electron chi connectivity index (χ2n) is 7.00. The number of hydrogen-bond acceptors (Lipinski definition) is 3. The molecule has 1 aliphatic rings. The molecule has 22 heavy (non-hydrogen) atoms. The molecule has 128 valence electrons. The molecule has 2 atom stereocenters. The van der Waals surface area contributed by atoms with Crippen LogP contribution >= 0.6 is 0 Å². The molecule has 1 heterocycles. The maximum atomic E-state index is 12.0. The zero-order valence-electron chi connectivity index (χ0n) is 14.6. The van der Waals surface area contributed by atoms with Gasteiger partial charge >= 0.3 is 6.03 Å².